The summed E-state index contributed by atoms with van der Waals surface area (Å²) in [5.41, 5.74) is 0.656. The number of thiophene rings is 1. The van der Waals surface area contributed by atoms with Crippen LogP contribution in [0.3, 0.4) is 0 Å². The number of aliphatic carboxylic acids is 1. The Morgan fingerprint density at radius 3 is 2.90 bits per heavy atom. The van der Waals surface area contributed by atoms with E-state index in [4.69, 9.17) is 0 Å². The predicted octanol–water partition coefficient (Wildman–Crippen LogP) is 0.187. The molecular formula is C12H15N3O4S. The molecule has 0 aliphatic carbocycles. The van der Waals surface area contributed by atoms with Gasteiger partial charge >= 0.3 is 12.0 Å². The number of likely N-dealkylation sites (N-methyl/N-ethyl adjacent to an activating group) is 1. The van der Waals surface area contributed by atoms with Crippen LogP contribution in [0.1, 0.15) is 16.5 Å². The van der Waals surface area contributed by atoms with E-state index in [9.17, 15) is 19.5 Å². The molecular weight excluding hydrogens is 282 g/mol. The van der Waals surface area contributed by atoms with Gasteiger partial charge in [-0.3, -0.25) is 4.79 Å². The molecule has 1 aliphatic heterocycles. The van der Waals surface area contributed by atoms with Crippen molar-refractivity contribution in [3.63, 3.8) is 0 Å². The third kappa shape index (κ3) is 2.74. The zero-order chi connectivity index (χ0) is 14.7. The Morgan fingerprint density at radius 2 is 2.25 bits per heavy atom. The predicted molar refractivity (Wildman–Crippen MR) is 72.6 cm³/mol. The first-order chi connectivity index (χ1) is 9.54. The van der Waals surface area contributed by atoms with Crippen LogP contribution in [-0.4, -0.2) is 48.1 Å². The minimum absolute atomic E-state index is 0.172. The van der Waals surface area contributed by atoms with Gasteiger partial charge in [0.2, 0.25) is 5.91 Å². The number of carbonyl (C=O) groups is 3. The smallest absolute Gasteiger partial charge is 0.331 e. The van der Waals surface area contributed by atoms with Gasteiger partial charge in [0.05, 0.1) is 6.54 Å². The van der Waals surface area contributed by atoms with Crippen molar-refractivity contribution >= 4 is 29.2 Å². The first-order valence-electron chi connectivity index (χ1n) is 6.08. The zero-order valence-corrected chi connectivity index (χ0v) is 11.7. The van der Waals surface area contributed by atoms with Gasteiger partial charge < -0.3 is 20.6 Å². The Morgan fingerprint density at radius 1 is 1.50 bits per heavy atom. The number of nitrogens with one attached hydrogen (secondary N) is 2. The number of rotatable bonds is 3. The molecule has 0 aromatic carbocycles. The van der Waals surface area contributed by atoms with Gasteiger partial charge in [0.15, 0.2) is 6.04 Å². The van der Waals surface area contributed by atoms with E-state index in [1.54, 1.807) is 6.07 Å². The van der Waals surface area contributed by atoms with E-state index in [1.165, 1.54) is 23.3 Å². The molecule has 108 valence electrons. The summed E-state index contributed by atoms with van der Waals surface area (Å²) in [4.78, 5) is 36.8. The SMILES string of the molecule is CNC(=O)CNC(=O)N1CCc2sccc2C1C(=O)O. The van der Waals surface area contributed by atoms with Crippen LogP contribution in [0.4, 0.5) is 4.79 Å². The Bertz CT molecular complexity index is 543. The van der Waals surface area contributed by atoms with Crippen molar-refractivity contribution < 1.29 is 19.5 Å². The molecule has 2 heterocycles. The van der Waals surface area contributed by atoms with E-state index >= 15 is 0 Å². The molecule has 0 spiro atoms. The van der Waals surface area contributed by atoms with Crippen molar-refractivity contribution in [2.75, 3.05) is 20.1 Å². The second-order valence-electron chi connectivity index (χ2n) is 4.32. The molecule has 7 nitrogen and oxygen atoms in total. The van der Waals surface area contributed by atoms with Crippen LogP contribution in [0.5, 0.6) is 0 Å². The molecule has 1 aromatic heterocycles. The maximum absolute atomic E-state index is 12.0. The summed E-state index contributed by atoms with van der Waals surface area (Å²) in [6, 6.07) is 0.198. The highest BCUT2D eigenvalue weighted by molar-refractivity contribution is 7.10. The number of amides is 3. The van der Waals surface area contributed by atoms with E-state index in [0.29, 0.717) is 18.5 Å². The minimum atomic E-state index is -1.07. The topological polar surface area (TPSA) is 98.7 Å². The van der Waals surface area contributed by atoms with Gasteiger partial charge in [-0.1, -0.05) is 0 Å². The number of hydrogen-bond acceptors (Lipinski definition) is 4. The van der Waals surface area contributed by atoms with Crippen molar-refractivity contribution in [2.45, 2.75) is 12.5 Å². The van der Waals surface area contributed by atoms with Gasteiger partial charge in [0.1, 0.15) is 0 Å². The van der Waals surface area contributed by atoms with Crippen LogP contribution in [-0.2, 0) is 16.0 Å². The highest BCUT2D eigenvalue weighted by Gasteiger charge is 2.36. The standard InChI is InChI=1S/C12H15N3O4S/c1-13-9(16)6-14-12(19)15-4-2-8-7(3-5-20-8)10(15)11(17)18/h3,5,10H,2,4,6H2,1H3,(H,13,16)(H,14,19)(H,17,18). The fourth-order valence-corrected chi connectivity index (χ4v) is 3.05. The highest BCUT2D eigenvalue weighted by atomic mass is 32.1. The fourth-order valence-electron chi connectivity index (χ4n) is 2.15. The van der Waals surface area contributed by atoms with Crippen molar-refractivity contribution in [3.8, 4) is 0 Å². The molecule has 1 unspecified atom stereocenters. The summed E-state index contributed by atoms with van der Waals surface area (Å²) in [6.07, 6.45) is 0.629. The van der Waals surface area contributed by atoms with Crippen LogP contribution in [0.15, 0.2) is 11.4 Å². The summed E-state index contributed by atoms with van der Waals surface area (Å²) in [5.74, 6) is -1.40. The summed E-state index contributed by atoms with van der Waals surface area (Å²) in [5, 5.41) is 16.0. The first kappa shape index (κ1) is 14.3. The number of fused-ring (bicyclic) bond motifs is 1. The molecule has 0 saturated heterocycles. The summed E-state index contributed by atoms with van der Waals surface area (Å²) in [6.45, 7) is 0.152. The number of urea groups is 1. The number of hydrogen-bond donors (Lipinski definition) is 3. The van der Waals surface area contributed by atoms with Gasteiger partial charge in [-0.25, -0.2) is 9.59 Å². The second kappa shape index (κ2) is 5.91. The van der Waals surface area contributed by atoms with Crippen molar-refractivity contribution in [1.82, 2.24) is 15.5 Å². The largest absolute Gasteiger partial charge is 0.479 e. The molecule has 1 aliphatic rings. The Kier molecular flexibility index (Phi) is 4.23. The average Bonchev–Trinajstić information content (AvgIpc) is 2.90. The third-order valence-electron chi connectivity index (χ3n) is 3.14. The van der Waals surface area contributed by atoms with E-state index < -0.39 is 18.0 Å². The highest BCUT2D eigenvalue weighted by Crippen LogP contribution is 2.33. The lowest BCUT2D eigenvalue weighted by Gasteiger charge is -2.33. The molecule has 3 N–H and O–H groups in total. The van der Waals surface area contributed by atoms with Gasteiger partial charge in [0.25, 0.3) is 0 Å². The van der Waals surface area contributed by atoms with Crippen molar-refractivity contribution in [2.24, 2.45) is 0 Å². The zero-order valence-electron chi connectivity index (χ0n) is 10.9. The molecule has 1 aromatic rings. The van der Waals surface area contributed by atoms with Crippen LogP contribution in [0.2, 0.25) is 0 Å². The van der Waals surface area contributed by atoms with E-state index in [-0.39, 0.29) is 12.5 Å². The van der Waals surface area contributed by atoms with Gasteiger partial charge in [-0.2, -0.15) is 0 Å². The van der Waals surface area contributed by atoms with Gasteiger partial charge in [-0.15, -0.1) is 11.3 Å². The van der Waals surface area contributed by atoms with Crippen molar-refractivity contribution in [1.29, 1.82) is 0 Å². The Hall–Kier alpha value is -2.09. The molecule has 0 bridgehead atoms. The fraction of sp³-hybridized carbons (Fsp3) is 0.417. The summed E-state index contributed by atoms with van der Waals surface area (Å²) < 4.78 is 0. The number of carbonyl (C=O) groups excluding carboxylic acids is 2. The third-order valence-corrected chi connectivity index (χ3v) is 4.14. The van der Waals surface area contributed by atoms with E-state index in [2.05, 4.69) is 10.6 Å². The maximum atomic E-state index is 12.0. The van der Waals surface area contributed by atoms with Crippen LogP contribution in [0.25, 0.3) is 0 Å². The van der Waals surface area contributed by atoms with Gasteiger partial charge in [0, 0.05) is 18.5 Å². The number of carboxylic acids is 1. The normalized spacial score (nSPS) is 17.2. The summed E-state index contributed by atoms with van der Waals surface area (Å²) >= 11 is 1.50. The molecule has 0 fully saturated rings. The van der Waals surface area contributed by atoms with Crippen LogP contribution >= 0.6 is 11.3 Å². The van der Waals surface area contributed by atoms with Gasteiger partial charge in [-0.05, 0) is 23.4 Å². The average molecular weight is 297 g/mol. The van der Waals surface area contributed by atoms with E-state index in [1.807, 2.05) is 5.38 Å². The summed E-state index contributed by atoms with van der Waals surface area (Å²) in [7, 11) is 1.47. The lowest BCUT2D eigenvalue weighted by Crippen LogP contribution is -2.49. The number of carboxylic acid groups (broad SMARTS) is 1. The Labute approximate surface area is 119 Å². The lowest BCUT2D eigenvalue weighted by atomic mass is 10.0. The Balaban J connectivity index is 2.13. The van der Waals surface area contributed by atoms with Crippen LogP contribution in [0, 0.1) is 0 Å². The first-order valence-corrected chi connectivity index (χ1v) is 6.96. The molecule has 0 radical (unpaired) electrons. The van der Waals surface area contributed by atoms with Crippen LogP contribution < -0.4 is 10.6 Å². The van der Waals surface area contributed by atoms with E-state index in [0.717, 1.165) is 4.88 Å². The molecule has 2 rings (SSSR count). The molecule has 20 heavy (non-hydrogen) atoms. The molecule has 8 heteroatoms. The minimum Gasteiger partial charge on any atom is -0.479 e. The molecule has 1 atom stereocenters. The lowest BCUT2D eigenvalue weighted by molar-refractivity contribution is -0.142. The maximum Gasteiger partial charge on any atom is 0.331 e. The van der Waals surface area contributed by atoms with Crippen molar-refractivity contribution in [3.05, 3.63) is 21.9 Å². The quantitative estimate of drug-likeness (QED) is 0.741. The molecule has 3 amide bonds. The monoisotopic (exact) mass is 297 g/mol. The second-order valence-corrected chi connectivity index (χ2v) is 5.32. The number of nitrogens with zero attached hydrogens (tertiary/aromatic N) is 1. The molecule has 0 saturated carbocycles.